The van der Waals surface area contributed by atoms with Gasteiger partial charge in [-0.05, 0) is 24.3 Å². The van der Waals surface area contributed by atoms with Crippen molar-refractivity contribution in [3.8, 4) is 0 Å². The number of H-pyrrole nitrogens is 1. The van der Waals surface area contributed by atoms with Crippen molar-refractivity contribution in [2.75, 3.05) is 0 Å². The van der Waals surface area contributed by atoms with Crippen molar-refractivity contribution in [3.63, 3.8) is 0 Å². The Morgan fingerprint density at radius 3 is 2.86 bits per heavy atom. The van der Waals surface area contributed by atoms with Crippen LogP contribution in [0.15, 0.2) is 30.5 Å². The van der Waals surface area contributed by atoms with Gasteiger partial charge in [0.05, 0.1) is 24.3 Å². The summed E-state index contributed by atoms with van der Waals surface area (Å²) >= 11 is 6.14. The molecular formula is C17H11ClF2N8. The van der Waals surface area contributed by atoms with Crippen molar-refractivity contribution in [1.82, 2.24) is 35.4 Å². The molecular weight excluding hydrogens is 390 g/mol. The van der Waals surface area contributed by atoms with E-state index in [4.69, 9.17) is 18.2 Å². The highest BCUT2D eigenvalue weighted by Crippen LogP contribution is 2.35. The standard InChI is InChI=1S/C17H11ClF2N8/c1-9-11-4-3-10(17(19,20)16-23-26-27-24-16)7-14(11)28(25-9)8-12-13(21-2)5-6-22-15(12)18/h3-7H,8H2,1H3,(H,23,24,26,27). The van der Waals surface area contributed by atoms with Gasteiger partial charge in [-0.3, -0.25) is 4.68 Å². The monoisotopic (exact) mass is 400 g/mol. The fraction of sp³-hybridized carbons (Fsp3) is 0.176. The minimum absolute atomic E-state index is 0.117. The first-order valence-electron chi connectivity index (χ1n) is 8.02. The van der Waals surface area contributed by atoms with Gasteiger partial charge in [0, 0.05) is 22.7 Å². The number of aromatic nitrogens is 7. The SMILES string of the molecule is [C-]#[N+]c1ccnc(Cl)c1Cn1nc(C)c2ccc(C(F)(F)c3nn[nH]n3)cc21. The highest BCUT2D eigenvalue weighted by atomic mass is 35.5. The Morgan fingerprint density at radius 1 is 1.32 bits per heavy atom. The molecule has 0 amide bonds. The fourth-order valence-electron chi connectivity index (χ4n) is 2.94. The minimum atomic E-state index is -3.43. The molecule has 0 atom stereocenters. The molecule has 4 rings (SSSR count). The quantitative estimate of drug-likeness (QED) is 0.417. The van der Waals surface area contributed by atoms with E-state index in [0.717, 1.165) is 0 Å². The number of tetrazole rings is 1. The first kappa shape index (κ1) is 17.9. The summed E-state index contributed by atoms with van der Waals surface area (Å²) in [6.07, 6.45) is 1.44. The summed E-state index contributed by atoms with van der Waals surface area (Å²) in [5.74, 6) is -4.15. The number of rotatable bonds is 4. The van der Waals surface area contributed by atoms with Gasteiger partial charge < -0.3 is 0 Å². The second kappa shape index (κ2) is 6.61. The number of aryl methyl sites for hydroxylation is 1. The van der Waals surface area contributed by atoms with Crippen molar-refractivity contribution < 1.29 is 8.78 Å². The molecule has 0 saturated heterocycles. The maximum atomic E-state index is 14.7. The summed E-state index contributed by atoms with van der Waals surface area (Å²) in [7, 11) is 0. The van der Waals surface area contributed by atoms with Crippen molar-refractivity contribution in [2.45, 2.75) is 19.4 Å². The molecule has 0 fully saturated rings. The first-order chi connectivity index (χ1) is 13.4. The Kier molecular flexibility index (Phi) is 4.24. The predicted molar refractivity (Wildman–Crippen MR) is 96.3 cm³/mol. The van der Waals surface area contributed by atoms with Crippen LogP contribution in [0.1, 0.15) is 22.6 Å². The average Bonchev–Trinajstić information content (AvgIpc) is 3.33. The van der Waals surface area contributed by atoms with E-state index in [1.165, 1.54) is 23.0 Å². The van der Waals surface area contributed by atoms with Gasteiger partial charge in [-0.25, -0.2) is 9.83 Å². The lowest BCUT2D eigenvalue weighted by atomic mass is 10.1. The van der Waals surface area contributed by atoms with E-state index in [2.05, 4.69) is 35.6 Å². The number of halogens is 3. The average molecular weight is 401 g/mol. The van der Waals surface area contributed by atoms with E-state index >= 15 is 0 Å². The summed E-state index contributed by atoms with van der Waals surface area (Å²) in [5.41, 5.74) is 1.63. The zero-order chi connectivity index (χ0) is 19.9. The number of nitrogens with zero attached hydrogens (tertiary/aromatic N) is 7. The molecule has 11 heteroatoms. The Balaban J connectivity index is 1.84. The highest BCUT2D eigenvalue weighted by molar-refractivity contribution is 6.30. The third-order valence-electron chi connectivity index (χ3n) is 4.33. The van der Waals surface area contributed by atoms with Gasteiger partial charge in [0.15, 0.2) is 5.69 Å². The summed E-state index contributed by atoms with van der Waals surface area (Å²) < 4.78 is 31.0. The highest BCUT2D eigenvalue weighted by Gasteiger charge is 2.39. The zero-order valence-corrected chi connectivity index (χ0v) is 15.1. The summed E-state index contributed by atoms with van der Waals surface area (Å²) in [6, 6.07) is 5.74. The van der Waals surface area contributed by atoms with E-state index in [0.29, 0.717) is 27.8 Å². The second-order valence-corrected chi connectivity index (χ2v) is 6.35. The molecule has 0 aliphatic carbocycles. The van der Waals surface area contributed by atoms with Crippen LogP contribution in [0.25, 0.3) is 15.7 Å². The lowest BCUT2D eigenvalue weighted by Crippen LogP contribution is -2.17. The van der Waals surface area contributed by atoms with Gasteiger partial charge in [0.2, 0.25) is 5.82 Å². The molecule has 0 saturated carbocycles. The van der Waals surface area contributed by atoms with Crippen LogP contribution in [0, 0.1) is 13.5 Å². The summed E-state index contributed by atoms with van der Waals surface area (Å²) in [6.45, 7) is 9.19. The molecule has 0 aliphatic heterocycles. The van der Waals surface area contributed by atoms with E-state index in [1.54, 1.807) is 19.1 Å². The third kappa shape index (κ3) is 2.86. The number of alkyl halides is 2. The molecule has 8 nitrogen and oxygen atoms in total. The van der Waals surface area contributed by atoms with E-state index < -0.39 is 11.7 Å². The van der Waals surface area contributed by atoms with Crippen LogP contribution in [0.4, 0.5) is 14.5 Å². The van der Waals surface area contributed by atoms with E-state index in [9.17, 15) is 8.78 Å². The van der Waals surface area contributed by atoms with Crippen LogP contribution in [-0.2, 0) is 12.5 Å². The van der Waals surface area contributed by atoms with Crippen LogP contribution in [0.5, 0.6) is 0 Å². The lowest BCUT2D eigenvalue weighted by molar-refractivity contribution is 0.0330. The Morgan fingerprint density at radius 2 is 2.14 bits per heavy atom. The predicted octanol–water partition coefficient (Wildman–Crippen LogP) is 3.65. The fourth-order valence-corrected chi connectivity index (χ4v) is 3.15. The molecule has 1 aromatic carbocycles. The smallest absolute Gasteiger partial charge is 0.261 e. The van der Waals surface area contributed by atoms with E-state index in [-0.39, 0.29) is 17.3 Å². The molecule has 3 heterocycles. The van der Waals surface area contributed by atoms with Crippen molar-refractivity contribution >= 4 is 28.2 Å². The van der Waals surface area contributed by atoms with Crippen molar-refractivity contribution in [2.24, 2.45) is 0 Å². The molecule has 0 bridgehead atoms. The minimum Gasteiger partial charge on any atom is -0.261 e. The lowest BCUT2D eigenvalue weighted by Gasteiger charge is -2.13. The largest absolute Gasteiger partial charge is 0.335 e. The maximum Gasteiger partial charge on any atom is 0.335 e. The van der Waals surface area contributed by atoms with Gasteiger partial charge in [-0.1, -0.05) is 23.7 Å². The molecule has 0 spiro atoms. The number of nitrogens with one attached hydrogen (secondary N) is 1. The summed E-state index contributed by atoms with van der Waals surface area (Å²) in [5, 5.41) is 17.3. The molecule has 28 heavy (non-hydrogen) atoms. The van der Waals surface area contributed by atoms with Crippen LogP contribution >= 0.6 is 11.6 Å². The molecule has 140 valence electrons. The summed E-state index contributed by atoms with van der Waals surface area (Å²) in [4.78, 5) is 7.44. The van der Waals surface area contributed by atoms with Crippen molar-refractivity contribution in [1.29, 1.82) is 0 Å². The zero-order valence-electron chi connectivity index (χ0n) is 14.4. The number of fused-ring (bicyclic) bond motifs is 1. The molecule has 3 aromatic heterocycles. The molecule has 0 radical (unpaired) electrons. The van der Waals surface area contributed by atoms with Gasteiger partial charge in [0.1, 0.15) is 5.15 Å². The van der Waals surface area contributed by atoms with Crippen LogP contribution in [0.3, 0.4) is 0 Å². The normalized spacial score (nSPS) is 11.7. The molecule has 0 unspecified atom stereocenters. The number of hydrogen-bond donors (Lipinski definition) is 1. The number of hydrogen-bond acceptors (Lipinski definition) is 5. The van der Waals surface area contributed by atoms with Gasteiger partial charge in [-0.15, -0.1) is 10.2 Å². The van der Waals surface area contributed by atoms with Gasteiger partial charge in [-0.2, -0.15) is 19.1 Å². The van der Waals surface area contributed by atoms with Gasteiger partial charge in [0.25, 0.3) is 0 Å². The second-order valence-electron chi connectivity index (χ2n) is 6.00. The number of benzene rings is 1. The van der Waals surface area contributed by atoms with Crippen LogP contribution in [0.2, 0.25) is 5.15 Å². The van der Waals surface area contributed by atoms with E-state index in [1.807, 2.05) is 0 Å². The first-order valence-corrected chi connectivity index (χ1v) is 8.40. The van der Waals surface area contributed by atoms with Crippen LogP contribution in [-0.4, -0.2) is 35.4 Å². The molecule has 0 aliphatic rings. The van der Waals surface area contributed by atoms with Crippen LogP contribution < -0.4 is 0 Å². The Hall–Kier alpha value is -3.45. The third-order valence-corrected chi connectivity index (χ3v) is 4.66. The molecule has 4 aromatic rings. The number of pyridine rings is 1. The Labute approximate surface area is 162 Å². The maximum absolute atomic E-state index is 14.7. The topological polar surface area (TPSA) is 89.5 Å². The Bertz CT molecular complexity index is 1210. The van der Waals surface area contributed by atoms with Crippen molar-refractivity contribution in [3.05, 3.63) is 69.7 Å². The number of aromatic amines is 1. The molecule has 1 N–H and O–H groups in total. The van der Waals surface area contributed by atoms with Gasteiger partial charge >= 0.3 is 5.92 Å².